The number of methoxy groups -OCH3 is 1. The Morgan fingerprint density at radius 1 is 1.27 bits per heavy atom. The Labute approximate surface area is 151 Å². The lowest BCUT2D eigenvalue weighted by atomic mass is 10.0. The number of ether oxygens (including phenoxy) is 2. The van der Waals surface area contributed by atoms with Crippen LogP contribution in [0.4, 0.5) is 0 Å². The summed E-state index contributed by atoms with van der Waals surface area (Å²) >= 11 is 0. The van der Waals surface area contributed by atoms with Crippen LogP contribution in [0.2, 0.25) is 0 Å². The summed E-state index contributed by atoms with van der Waals surface area (Å²) in [4.78, 5) is 23.7. The maximum Gasteiger partial charge on any atom is 0.331 e. The fourth-order valence-corrected chi connectivity index (χ4v) is 3.88. The topological polar surface area (TPSA) is 122 Å². The highest BCUT2D eigenvalue weighted by Gasteiger charge is 2.35. The van der Waals surface area contributed by atoms with Gasteiger partial charge in [-0.15, -0.1) is 0 Å². The molecule has 1 atom stereocenters. The van der Waals surface area contributed by atoms with Crippen molar-refractivity contribution in [2.75, 3.05) is 40.0 Å². The van der Waals surface area contributed by atoms with Crippen molar-refractivity contribution in [3.63, 3.8) is 0 Å². The number of hydrogen-bond acceptors (Lipinski definition) is 6. The van der Waals surface area contributed by atoms with Crippen LogP contribution in [0.3, 0.4) is 0 Å². The summed E-state index contributed by atoms with van der Waals surface area (Å²) in [5.41, 5.74) is -1.45. The molecule has 1 fully saturated rings. The third-order valence-corrected chi connectivity index (χ3v) is 5.93. The van der Waals surface area contributed by atoms with Gasteiger partial charge in [-0.05, 0) is 31.2 Å². The van der Waals surface area contributed by atoms with Gasteiger partial charge in [0.25, 0.3) is 5.91 Å². The number of benzene rings is 1. The van der Waals surface area contributed by atoms with Crippen molar-refractivity contribution in [2.45, 2.75) is 17.4 Å². The van der Waals surface area contributed by atoms with Gasteiger partial charge in [-0.3, -0.25) is 4.79 Å². The Hall–Kier alpha value is -2.01. The van der Waals surface area contributed by atoms with Gasteiger partial charge in [-0.2, -0.15) is 4.31 Å². The van der Waals surface area contributed by atoms with Crippen molar-refractivity contribution in [1.29, 1.82) is 0 Å². The predicted octanol–water partition coefficient (Wildman–Crippen LogP) is -0.0730. The van der Waals surface area contributed by atoms with Gasteiger partial charge in [0.05, 0.1) is 24.7 Å². The highest BCUT2D eigenvalue weighted by Crippen LogP contribution is 2.18. The summed E-state index contributed by atoms with van der Waals surface area (Å²) in [6.45, 7) is 2.35. The maximum atomic E-state index is 12.5. The molecule has 1 saturated heterocycles. The molecule has 10 heteroatoms. The Kier molecular flexibility index (Phi) is 6.34. The minimum atomic E-state index is -3.65. The molecule has 0 spiro atoms. The summed E-state index contributed by atoms with van der Waals surface area (Å²) in [6.07, 6.45) is 0. The lowest BCUT2D eigenvalue weighted by molar-refractivity contribution is -0.145. The minimum absolute atomic E-state index is 0.0637. The fourth-order valence-electron chi connectivity index (χ4n) is 2.48. The van der Waals surface area contributed by atoms with Crippen LogP contribution >= 0.6 is 0 Å². The first-order valence-electron chi connectivity index (χ1n) is 7.93. The summed E-state index contributed by atoms with van der Waals surface area (Å²) in [5.74, 6) is -1.87. The van der Waals surface area contributed by atoms with E-state index in [1.54, 1.807) is 0 Å². The Bertz CT molecular complexity index is 757. The number of nitrogens with one attached hydrogen (secondary N) is 1. The molecule has 0 saturated carbocycles. The minimum Gasteiger partial charge on any atom is -0.479 e. The summed E-state index contributed by atoms with van der Waals surface area (Å²) in [5, 5.41) is 11.7. The van der Waals surface area contributed by atoms with Crippen LogP contribution in [0.5, 0.6) is 0 Å². The molecule has 1 aliphatic heterocycles. The van der Waals surface area contributed by atoms with E-state index in [2.05, 4.69) is 5.32 Å². The average molecular weight is 386 g/mol. The fraction of sp³-hybridized carbons (Fsp3) is 0.500. The van der Waals surface area contributed by atoms with Crippen LogP contribution in [0.15, 0.2) is 29.2 Å². The van der Waals surface area contributed by atoms with Gasteiger partial charge >= 0.3 is 5.97 Å². The van der Waals surface area contributed by atoms with E-state index in [-0.39, 0.29) is 30.2 Å². The molecule has 2 rings (SSSR count). The number of carboxylic acid groups (broad SMARTS) is 1. The molecule has 144 valence electrons. The normalized spacial score (nSPS) is 18.1. The molecule has 1 aromatic carbocycles. The zero-order valence-electron chi connectivity index (χ0n) is 14.6. The highest BCUT2D eigenvalue weighted by molar-refractivity contribution is 7.89. The predicted molar refractivity (Wildman–Crippen MR) is 91.4 cm³/mol. The number of morpholine rings is 1. The van der Waals surface area contributed by atoms with E-state index >= 15 is 0 Å². The molecule has 26 heavy (non-hydrogen) atoms. The molecule has 9 nitrogen and oxygen atoms in total. The number of amides is 1. The van der Waals surface area contributed by atoms with E-state index in [0.717, 1.165) is 0 Å². The number of hydrogen-bond donors (Lipinski definition) is 2. The lowest BCUT2D eigenvalue weighted by Crippen LogP contribution is -2.55. The van der Waals surface area contributed by atoms with Crippen molar-refractivity contribution in [3.8, 4) is 0 Å². The summed E-state index contributed by atoms with van der Waals surface area (Å²) in [7, 11) is -2.32. The number of carbonyl (C=O) groups is 2. The second-order valence-corrected chi connectivity index (χ2v) is 8.00. The van der Waals surface area contributed by atoms with Gasteiger partial charge in [-0.1, -0.05) is 0 Å². The number of sulfonamides is 1. The van der Waals surface area contributed by atoms with Gasteiger partial charge in [0.2, 0.25) is 10.0 Å². The molecule has 1 amide bonds. The Morgan fingerprint density at radius 3 is 2.35 bits per heavy atom. The first-order chi connectivity index (χ1) is 12.2. The monoisotopic (exact) mass is 386 g/mol. The molecule has 0 aromatic heterocycles. The van der Waals surface area contributed by atoms with E-state index in [1.807, 2.05) is 0 Å². The third-order valence-electron chi connectivity index (χ3n) is 4.02. The molecule has 0 radical (unpaired) electrons. The van der Waals surface area contributed by atoms with Crippen LogP contribution in [0, 0.1) is 0 Å². The van der Waals surface area contributed by atoms with Crippen LogP contribution in [-0.2, 0) is 24.3 Å². The number of carbonyl (C=O) groups excluding carboxylic acids is 1. The number of carboxylic acids is 1. The van der Waals surface area contributed by atoms with Crippen LogP contribution < -0.4 is 5.32 Å². The SMILES string of the molecule is COCC(C)(NC(=O)c1ccc(S(=O)(=O)N2CCOCC2)cc1)C(=O)O. The first-order valence-corrected chi connectivity index (χ1v) is 9.37. The molecule has 1 unspecified atom stereocenters. The van der Waals surface area contributed by atoms with E-state index in [4.69, 9.17) is 9.47 Å². The van der Waals surface area contributed by atoms with Gasteiger partial charge in [0.1, 0.15) is 0 Å². The van der Waals surface area contributed by atoms with Crippen molar-refractivity contribution in [2.24, 2.45) is 0 Å². The molecule has 1 heterocycles. The Balaban J connectivity index is 2.15. The highest BCUT2D eigenvalue weighted by atomic mass is 32.2. The van der Waals surface area contributed by atoms with E-state index < -0.39 is 27.4 Å². The zero-order chi connectivity index (χ0) is 19.4. The van der Waals surface area contributed by atoms with Crippen molar-refractivity contribution in [1.82, 2.24) is 9.62 Å². The molecule has 2 N–H and O–H groups in total. The van der Waals surface area contributed by atoms with E-state index in [0.29, 0.717) is 13.2 Å². The summed E-state index contributed by atoms with van der Waals surface area (Å²) < 4.78 is 36.4. The smallest absolute Gasteiger partial charge is 0.331 e. The molecular weight excluding hydrogens is 364 g/mol. The quantitative estimate of drug-likeness (QED) is 0.672. The number of rotatable bonds is 7. The number of nitrogens with zero attached hydrogens (tertiary/aromatic N) is 1. The number of aliphatic carboxylic acids is 1. The first kappa shape index (κ1) is 20.3. The van der Waals surface area contributed by atoms with Gasteiger partial charge < -0.3 is 19.9 Å². The van der Waals surface area contributed by atoms with Crippen LogP contribution in [-0.4, -0.2) is 75.3 Å². The molecule has 0 bridgehead atoms. The van der Waals surface area contributed by atoms with Gasteiger partial charge in [0.15, 0.2) is 5.54 Å². The maximum absolute atomic E-state index is 12.5. The van der Waals surface area contributed by atoms with E-state index in [9.17, 15) is 23.1 Å². The molecular formula is C16H22N2O7S. The van der Waals surface area contributed by atoms with Crippen molar-refractivity contribution >= 4 is 21.9 Å². The standard InChI is InChI=1S/C16H22N2O7S/c1-16(11-24-2,15(20)21)17-14(19)12-3-5-13(6-4-12)26(22,23)18-7-9-25-10-8-18/h3-6H,7-11H2,1-2H3,(H,17,19)(H,20,21). The second-order valence-electron chi connectivity index (χ2n) is 6.07. The van der Waals surface area contributed by atoms with Gasteiger partial charge in [0, 0.05) is 25.8 Å². The van der Waals surface area contributed by atoms with Crippen LogP contribution in [0.25, 0.3) is 0 Å². The average Bonchev–Trinajstić information content (AvgIpc) is 2.62. The Morgan fingerprint density at radius 2 is 1.85 bits per heavy atom. The van der Waals surface area contributed by atoms with Crippen molar-refractivity contribution < 1.29 is 32.6 Å². The van der Waals surface area contributed by atoms with E-state index in [1.165, 1.54) is 42.6 Å². The molecule has 1 aromatic rings. The third kappa shape index (κ3) is 4.39. The van der Waals surface area contributed by atoms with Gasteiger partial charge in [-0.25, -0.2) is 13.2 Å². The lowest BCUT2D eigenvalue weighted by Gasteiger charge is -2.26. The van der Waals surface area contributed by atoms with Crippen molar-refractivity contribution in [3.05, 3.63) is 29.8 Å². The molecule has 0 aliphatic carbocycles. The summed E-state index contributed by atoms with van der Waals surface area (Å²) in [6, 6.07) is 5.34. The second kappa shape index (κ2) is 8.12. The largest absolute Gasteiger partial charge is 0.479 e. The van der Waals surface area contributed by atoms with Crippen LogP contribution in [0.1, 0.15) is 17.3 Å². The molecule has 1 aliphatic rings. The zero-order valence-corrected chi connectivity index (χ0v) is 15.4.